The van der Waals surface area contributed by atoms with E-state index in [9.17, 15) is 5.11 Å². The van der Waals surface area contributed by atoms with Crippen molar-refractivity contribution < 1.29 is 5.11 Å². The van der Waals surface area contributed by atoms with Crippen LogP contribution >= 0.6 is 11.8 Å². The monoisotopic (exact) mass is 264 g/mol. The fourth-order valence-corrected chi connectivity index (χ4v) is 2.86. The van der Waals surface area contributed by atoms with Crippen LogP contribution in [0.2, 0.25) is 0 Å². The predicted molar refractivity (Wildman–Crippen MR) is 78.0 cm³/mol. The molecule has 0 bridgehead atoms. The quantitative estimate of drug-likeness (QED) is 0.815. The molecule has 0 amide bonds. The molecule has 4 heteroatoms. The Kier molecular flexibility index (Phi) is 4.66. The second-order valence-electron chi connectivity index (χ2n) is 4.51. The van der Waals surface area contributed by atoms with Gasteiger partial charge in [0.15, 0.2) is 0 Å². The number of aromatic nitrogens is 2. The van der Waals surface area contributed by atoms with E-state index >= 15 is 0 Å². The lowest BCUT2D eigenvalue weighted by Crippen LogP contribution is -2.16. The van der Waals surface area contributed by atoms with E-state index in [2.05, 4.69) is 22.5 Å². The minimum Gasteiger partial charge on any atom is -0.392 e. The second-order valence-corrected chi connectivity index (χ2v) is 5.66. The maximum absolute atomic E-state index is 10.0. The highest BCUT2D eigenvalue weighted by atomic mass is 32.2. The number of thioether (sulfide) groups is 1. The molecular formula is C14H20N2OS. The molecule has 1 heterocycles. The molecule has 1 atom stereocenters. The Bertz CT molecular complexity index is 509. The Morgan fingerprint density at radius 3 is 2.89 bits per heavy atom. The molecule has 0 spiro atoms. The first-order chi connectivity index (χ1) is 8.72. The highest BCUT2D eigenvalue weighted by molar-refractivity contribution is 7.99. The highest BCUT2D eigenvalue weighted by Gasteiger charge is 2.12. The zero-order valence-corrected chi connectivity index (χ0v) is 11.8. The summed E-state index contributed by atoms with van der Waals surface area (Å²) in [7, 11) is 2.01. The van der Waals surface area contributed by atoms with Gasteiger partial charge in [0.1, 0.15) is 5.82 Å². The molecule has 0 saturated heterocycles. The third-order valence-electron chi connectivity index (χ3n) is 2.96. The molecule has 0 aliphatic rings. The van der Waals surface area contributed by atoms with E-state index in [4.69, 9.17) is 0 Å². The largest absolute Gasteiger partial charge is 0.392 e. The van der Waals surface area contributed by atoms with Gasteiger partial charge in [0.25, 0.3) is 0 Å². The SMILES string of the molecule is CCCSCC(O)Cc1nc2ccccc2n1C. The van der Waals surface area contributed by atoms with Crippen molar-refractivity contribution in [1.29, 1.82) is 0 Å². The van der Waals surface area contributed by atoms with E-state index in [0.29, 0.717) is 6.42 Å². The molecule has 1 aromatic heterocycles. The Morgan fingerprint density at radius 1 is 1.39 bits per heavy atom. The fourth-order valence-electron chi connectivity index (χ4n) is 2.01. The minimum absolute atomic E-state index is 0.308. The smallest absolute Gasteiger partial charge is 0.112 e. The standard InChI is InChI=1S/C14H20N2OS/c1-3-8-18-10-11(17)9-14-15-12-6-4-5-7-13(12)16(14)2/h4-7,11,17H,3,8-10H2,1-2H3. The number of aliphatic hydroxyl groups is 1. The molecule has 1 aromatic carbocycles. The lowest BCUT2D eigenvalue weighted by atomic mass is 10.3. The molecule has 18 heavy (non-hydrogen) atoms. The van der Waals surface area contributed by atoms with Gasteiger partial charge in [0.2, 0.25) is 0 Å². The number of hydrogen-bond donors (Lipinski definition) is 1. The second kappa shape index (κ2) is 6.25. The summed E-state index contributed by atoms with van der Waals surface area (Å²) in [5, 5.41) is 10.0. The van der Waals surface area contributed by atoms with Crippen molar-refractivity contribution in [1.82, 2.24) is 9.55 Å². The zero-order chi connectivity index (χ0) is 13.0. The molecule has 98 valence electrons. The van der Waals surface area contributed by atoms with Crippen molar-refractivity contribution in [2.45, 2.75) is 25.9 Å². The summed E-state index contributed by atoms with van der Waals surface area (Å²) >= 11 is 1.81. The van der Waals surface area contributed by atoms with E-state index in [0.717, 1.165) is 34.8 Å². The van der Waals surface area contributed by atoms with E-state index < -0.39 is 0 Å². The molecule has 0 saturated carbocycles. The summed E-state index contributed by atoms with van der Waals surface area (Å²) in [4.78, 5) is 4.57. The molecule has 3 nitrogen and oxygen atoms in total. The van der Waals surface area contributed by atoms with Crippen molar-refractivity contribution in [3.8, 4) is 0 Å². The average molecular weight is 264 g/mol. The van der Waals surface area contributed by atoms with Gasteiger partial charge in [0, 0.05) is 19.2 Å². The number of para-hydroxylation sites is 2. The third kappa shape index (κ3) is 3.06. The van der Waals surface area contributed by atoms with Crippen molar-refractivity contribution >= 4 is 22.8 Å². The number of benzene rings is 1. The van der Waals surface area contributed by atoms with Crippen LogP contribution in [0, 0.1) is 0 Å². The number of imidazole rings is 1. The molecule has 1 N–H and O–H groups in total. The van der Waals surface area contributed by atoms with Gasteiger partial charge in [-0.05, 0) is 24.3 Å². The summed E-state index contributed by atoms with van der Waals surface area (Å²) in [5.41, 5.74) is 2.13. The van der Waals surface area contributed by atoms with Gasteiger partial charge in [-0.25, -0.2) is 4.98 Å². The molecule has 1 unspecified atom stereocenters. The zero-order valence-electron chi connectivity index (χ0n) is 11.0. The van der Waals surface area contributed by atoms with Gasteiger partial charge >= 0.3 is 0 Å². The summed E-state index contributed by atoms with van der Waals surface area (Å²) < 4.78 is 2.07. The number of rotatable bonds is 6. The maximum Gasteiger partial charge on any atom is 0.112 e. The first-order valence-electron chi connectivity index (χ1n) is 6.38. The number of fused-ring (bicyclic) bond motifs is 1. The molecule has 0 aliphatic carbocycles. The van der Waals surface area contributed by atoms with Crippen LogP contribution in [0.25, 0.3) is 11.0 Å². The summed E-state index contributed by atoms with van der Waals surface area (Å²) in [6.45, 7) is 2.16. The summed E-state index contributed by atoms with van der Waals surface area (Å²) in [6.07, 6.45) is 1.48. The van der Waals surface area contributed by atoms with Crippen molar-refractivity contribution in [3.63, 3.8) is 0 Å². The van der Waals surface area contributed by atoms with E-state index in [1.165, 1.54) is 0 Å². The van der Waals surface area contributed by atoms with E-state index in [-0.39, 0.29) is 6.10 Å². The van der Waals surface area contributed by atoms with Gasteiger partial charge in [-0.3, -0.25) is 0 Å². The van der Waals surface area contributed by atoms with Crippen LogP contribution in [0.3, 0.4) is 0 Å². The van der Waals surface area contributed by atoms with Crippen molar-refractivity contribution in [3.05, 3.63) is 30.1 Å². The maximum atomic E-state index is 10.0. The Hall–Kier alpha value is -1.00. The molecule has 2 rings (SSSR count). The number of nitrogens with zero attached hydrogens (tertiary/aromatic N) is 2. The average Bonchev–Trinajstić information content (AvgIpc) is 2.67. The third-order valence-corrected chi connectivity index (χ3v) is 4.27. The van der Waals surface area contributed by atoms with Gasteiger partial charge < -0.3 is 9.67 Å². The van der Waals surface area contributed by atoms with Crippen LogP contribution in [0.1, 0.15) is 19.2 Å². The molecule has 0 aliphatic heterocycles. The van der Waals surface area contributed by atoms with Crippen LogP contribution in [0.15, 0.2) is 24.3 Å². The van der Waals surface area contributed by atoms with E-state index in [1.807, 2.05) is 25.2 Å². The highest BCUT2D eigenvalue weighted by Crippen LogP contribution is 2.16. The Balaban J connectivity index is 2.05. The van der Waals surface area contributed by atoms with Crippen LogP contribution in [-0.2, 0) is 13.5 Å². The number of aryl methyl sites for hydroxylation is 1. The van der Waals surface area contributed by atoms with Crippen molar-refractivity contribution in [2.24, 2.45) is 7.05 Å². The topological polar surface area (TPSA) is 38.1 Å². The van der Waals surface area contributed by atoms with Crippen LogP contribution in [-0.4, -0.2) is 32.3 Å². The van der Waals surface area contributed by atoms with Gasteiger partial charge in [0.05, 0.1) is 17.1 Å². The Labute approximate surface area is 112 Å². The predicted octanol–water partition coefficient (Wildman–Crippen LogP) is 2.62. The van der Waals surface area contributed by atoms with Crippen LogP contribution in [0.5, 0.6) is 0 Å². The van der Waals surface area contributed by atoms with Gasteiger partial charge in [-0.1, -0.05) is 19.1 Å². The molecule has 0 radical (unpaired) electrons. The van der Waals surface area contributed by atoms with Crippen molar-refractivity contribution in [2.75, 3.05) is 11.5 Å². The number of aliphatic hydroxyl groups excluding tert-OH is 1. The molecular weight excluding hydrogens is 244 g/mol. The van der Waals surface area contributed by atoms with E-state index in [1.54, 1.807) is 11.8 Å². The first-order valence-corrected chi connectivity index (χ1v) is 7.54. The lowest BCUT2D eigenvalue weighted by molar-refractivity contribution is 0.196. The summed E-state index contributed by atoms with van der Waals surface area (Å²) in [5.74, 6) is 2.86. The minimum atomic E-state index is -0.308. The lowest BCUT2D eigenvalue weighted by Gasteiger charge is -2.09. The van der Waals surface area contributed by atoms with Crippen LogP contribution in [0.4, 0.5) is 0 Å². The fraction of sp³-hybridized carbons (Fsp3) is 0.500. The summed E-state index contributed by atoms with van der Waals surface area (Å²) in [6, 6.07) is 8.08. The van der Waals surface area contributed by atoms with Gasteiger partial charge in [-0.2, -0.15) is 11.8 Å². The Morgan fingerprint density at radius 2 is 2.17 bits per heavy atom. The van der Waals surface area contributed by atoms with Crippen LogP contribution < -0.4 is 0 Å². The first kappa shape index (κ1) is 13.4. The molecule has 2 aromatic rings. The number of hydrogen-bond acceptors (Lipinski definition) is 3. The molecule has 0 fully saturated rings. The van der Waals surface area contributed by atoms with Gasteiger partial charge in [-0.15, -0.1) is 0 Å². The normalized spacial score (nSPS) is 13.1.